The van der Waals surface area contributed by atoms with Crippen molar-refractivity contribution >= 4 is 46.5 Å². The molecule has 1 aromatic heterocycles. The van der Waals surface area contributed by atoms with E-state index in [-0.39, 0.29) is 30.9 Å². The average Bonchev–Trinajstić information content (AvgIpc) is 3.41. The van der Waals surface area contributed by atoms with Crippen LogP contribution in [0.2, 0.25) is 0 Å². The maximum absolute atomic E-state index is 14.8. The monoisotopic (exact) mass is 801 g/mol. The van der Waals surface area contributed by atoms with E-state index in [0.717, 1.165) is 5.52 Å². The summed E-state index contributed by atoms with van der Waals surface area (Å²) in [5.41, 5.74) is -1.42. The molecule has 0 saturated heterocycles. The summed E-state index contributed by atoms with van der Waals surface area (Å²) in [6.07, 6.45) is 2.14. The summed E-state index contributed by atoms with van der Waals surface area (Å²) in [7, 11) is 6.14. The SMILES string of the molecule is COCC(=O)[C@@H](CCC(=O)O)NC(=O)/C(C)=C/[C@H](C(C)C)N(C)C(=O)[C@@H](NC(=O)[C@@H](N(C)C(=O)OC(C)(C)C)C(C)(C)c1cn(C)c2ccc(F)cc12)C(C)(C)C. The lowest BCUT2D eigenvalue weighted by atomic mass is 9.76. The second kappa shape index (κ2) is 19.1. The Hall–Kier alpha value is -4.79. The second-order valence-corrected chi connectivity index (χ2v) is 17.7. The van der Waals surface area contributed by atoms with Gasteiger partial charge in [-0.2, -0.15) is 0 Å². The van der Waals surface area contributed by atoms with Gasteiger partial charge in [0.25, 0.3) is 0 Å². The number of carboxylic acids is 1. The first-order valence-corrected chi connectivity index (χ1v) is 19.1. The molecule has 0 aliphatic heterocycles. The summed E-state index contributed by atoms with van der Waals surface area (Å²) in [5.74, 6) is -4.04. The smallest absolute Gasteiger partial charge is 0.410 e. The van der Waals surface area contributed by atoms with E-state index >= 15 is 0 Å². The van der Waals surface area contributed by atoms with Crippen LogP contribution in [-0.2, 0) is 45.9 Å². The Morgan fingerprint density at radius 2 is 1.56 bits per heavy atom. The van der Waals surface area contributed by atoms with Gasteiger partial charge in [-0.3, -0.25) is 28.9 Å². The number of aromatic nitrogens is 1. The third-order valence-electron chi connectivity index (χ3n) is 9.93. The maximum Gasteiger partial charge on any atom is 0.410 e. The van der Waals surface area contributed by atoms with Crippen molar-refractivity contribution in [1.29, 1.82) is 0 Å². The Morgan fingerprint density at radius 1 is 0.965 bits per heavy atom. The van der Waals surface area contributed by atoms with E-state index in [1.165, 1.54) is 43.0 Å². The summed E-state index contributed by atoms with van der Waals surface area (Å²) >= 11 is 0. The van der Waals surface area contributed by atoms with E-state index in [4.69, 9.17) is 14.6 Å². The molecule has 0 radical (unpaired) electrons. The first-order chi connectivity index (χ1) is 26.0. The number of Topliss-reactive ketones (excluding diaryl/α,β-unsaturated/α-hetero) is 1. The van der Waals surface area contributed by atoms with Crippen LogP contribution in [0.25, 0.3) is 10.9 Å². The van der Waals surface area contributed by atoms with Crippen molar-refractivity contribution in [3.05, 3.63) is 47.4 Å². The lowest BCUT2D eigenvalue weighted by molar-refractivity contribution is -0.141. The van der Waals surface area contributed by atoms with Crippen LogP contribution < -0.4 is 10.6 Å². The Balaban J connectivity index is 2.60. The van der Waals surface area contributed by atoms with Crippen LogP contribution in [0.4, 0.5) is 9.18 Å². The van der Waals surface area contributed by atoms with Crippen molar-refractivity contribution in [2.45, 2.75) is 124 Å². The van der Waals surface area contributed by atoms with Crippen molar-refractivity contribution in [3.63, 3.8) is 0 Å². The second-order valence-electron chi connectivity index (χ2n) is 17.7. The van der Waals surface area contributed by atoms with E-state index in [1.807, 2.05) is 18.4 Å². The topological polar surface area (TPSA) is 177 Å². The molecule has 1 aromatic carbocycles. The van der Waals surface area contributed by atoms with Crippen LogP contribution in [0, 0.1) is 17.2 Å². The van der Waals surface area contributed by atoms with Crippen LogP contribution in [0.3, 0.4) is 0 Å². The molecular weight excluding hydrogens is 737 g/mol. The van der Waals surface area contributed by atoms with Crippen molar-refractivity contribution in [1.82, 2.24) is 25.0 Å². The summed E-state index contributed by atoms with van der Waals surface area (Å²) in [5, 5.41) is 15.3. The molecule has 0 saturated carbocycles. The predicted molar refractivity (Wildman–Crippen MR) is 216 cm³/mol. The number of hydrogen-bond acceptors (Lipinski definition) is 8. The zero-order valence-electron chi connectivity index (χ0n) is 36.3. The van der Waals surface area contributed by atoms with E-state index in [0.29, 0.717) is 10.9 Å². The number of nitrogens with zero attached hydrogens (tertiary/aromatic N) is 3. The summed E-state index contributed by atoms with van der Waals surface area (Å²) in [4.78, 5) is 82.8. The molecular formula is C42H64FN5O9. The number of carbonyl (C=O) groups excluding carboxylic acids is 5. The minimum Gasteiger partial charge on any atom is -0.481 e. The number of rotatable bonds is 17. The molecule has 15 heteroatoms. The first-order valence-electron chi connectivity index (χ1n) is 19.1. The number of carboxylic acid groups (broad SMARTS) is 1. The highest BCUT2D eigenvalue weighted by molar-refractivity contribution is 5.98. The van der Waals surface area contributed by atoms with Gasteiger partial charge < -0.3 is 34.7 Å². The zero-order chi connectivity index (χ0) is 44.0. The molecule has 4 atom stereocenters. The number of halogens is 1. The fourth-order valence-corrected chi connectivity index (χ4v) is 6.85. The fraction of sp³-hybridized carbons (Fsp3) is 0.619. The molecule has 3 N–H and O–H groups in total. The Labute approximate surface area is 336 Å². The van der Waals surface area contributed by atoms with Gasteiger partial charge in [-0.1, -0.05) is 54.5 Å². The number of fused-ring (bicyclic) bond motifs is 1. The van der Waals surface area contributed by atoms with Gasteiger partial charge >= 0.3 is 12.1 Å². The summed E-state index contributed by atoms with van der Waals surface area (Å²) < 4.78 is 27.1. The van der Waals surface area contributed by atoms with Crippen molar-refractivity contribution in [3.8, 4) is 0 Å². The molecule has 0 aliphatic carbocycles. The Morgan fingerprint density at radius 3 is 2.07 bits per heavy atom. The van der Waals surface area contributed by atoms with Gasteiger partial charge in [0.15, 0.2) is 5.78 Å². The maximum atomic E-state index is 14.8. The van der Waals surface area contributed by atoms with Gasteiger partial charge in [0.2, 0.25) is 17.7 Å². The molecule has 318 valence electrons. The lowest BCUT2D eigenvalue weighted by Gasteiger charge is -2.42. The average molecular weight is 802 g/mol. The molecule has 0 spiro atoms. The van der Waals surface area contributed by atoms with E-state index in [9.17, 15) is 33.2 Å². The number of methoxy groups -OCH3 is 1. The largest absolute Gasteiger partial charge is 0.481 e. The Kier molecular flexibility index (Phi) is 16.2. The van der Waals surface area contributed by atoms with Crippen molar-refractivity contribution in [2.24, 2.45) is 18.4 Å². The number of aliphatic carboxylic acids is 1. The fourth-order valence-electron chi connectivity index (χ4n) is 6.85. The molecule has 0 bridgehead atoms. The lowest BCUT2D eigenvalue weighted by Crippen LogP contribution is -2.63. The minimum absolute atomic E-state index is 0.131. The number of carbonyl (C=O) groups is 6. The van der Waals surface area contributed by atoms with Crippen LogP contribution in [-0.4, -0.2) is 113 Å². The number of benzene rings is 1. The van der Waals surface area contributed by atoms with E-state index in [2.05, 4.69) is 10.6 Å². The molecule has 14 nitrogen and oxygen atoms in total. The number of nitrogens with one attached hydrogen (secondary N) is 2. The van der Waals surface area contributed by atoms with Crippen LogP contribution in [0.1, 0.15) is 94.6 Å². The summed E-state index contributed by atoms with van der Waals surface area (Å²) in [6, 6.07) is 0.221. The normalized spacial score (nSPS) is 14.7. The van der Waals surface area contributed by atoms with Gasteiger partial charge in [0.1, 0.15) is 30.1 Å². The summed E-state index contributed by atoms with van der Waals surface area (Å²) in [6.45, 7) is 19.0. The first kappa shape index (κ1) is 48.4. The number of hydrogen-bond donors (Lipinski definition) is 3. The standard InChI is InChI=1S/C42H64FN5O9/c1-24(2)31(20-25(3)36(52)44-29(17-19-33(50)51)32(49)23-56-15)47(13)38(54)34(40(4,5)6)45-37(53)35(48(14)39(55)57-41(7,8)9)42(10,11)28-22-46(12)30-18-16-26(43)21-27(28)30/h16,18,20-22,24,29,31,34-35H,17,19,23H2,1-15H3,(H,44,52)(H,45,53)(H,50,51)/b25-20+/t29-,31-,34-,35-/m1/s1. The highest BCUT2D eigenvalue weighted by Gasteiger charge is 2.47. The highest BCUT2D eigenvalue weighted by Crippen LogP contribution is 2.37. The van der Waals surface area contributed by atoms with Gasteiger partial charge in [-0.15, -0.1) is 0 Å². The van der Waals surface area contributed by atoms with Gasteiger partial charge in [-0.05, 0) is 69.2 Å². The molecule has 0 unspecified atom stereocenters. The number of ether oxygens (including phenoxy) is 2. The van der Waals surface area contributed by atoms with E-state index in [1.54, 1.807) is 87.8 Å². The van der Waals surface area contributed by atoms with Crippen LogP contribution in [0.5, 0.6) is 0 Å². The molecule has 0 aliphatic rings. The highest BCUT2D eigenvalue weighted by atomic mass is 19.1. The van der Waals surface area contributed by atoms with Crippen molar-refractivity contribution < 1.29 is 47.7 Å². The number of aryl methyl sites for hydroxylation is 1. The zero-order valence-corrected chi connectivity index (χ0v) is 36.3. The van der Waals surface area contributed by atoms with E-state index < -0.39 is 82.0 Å². The Bertz CT molecular complexity index is 1840. The van der Waals surface area contributed by atoms with Gasteiger partial charge in [0.05, 0.1) is 12.1 Å². The third kappa shape index (κ3) is 12.6. The van der Waals surface area contributed by atoms with Crippen LogP contribution in [0.15, 0.2) is 36.0 Å². The molecule has 1 heterocycles. The predicted octanol–water partition coefficient (Wildman–Crippen LogP) is 5.36. The quantitative estimate of drug-likeness (QED) is 0.178. The van der Waals surface area contributed by atoms with Gasteiger partial charge in [0, 0.05) is 62.8 Å². The third-order valence-corrected chi connectivity index (χ3v) is 9.93. The molecule has 2 aromatic rings. The number of ketones is 1. The molecule has 2 rings (SSSR count). The molecule has 4 amide bonds. The van der Waals surface area contributed by atoms with Crippen molar-refractivity contribution in [2.75, 3.05) is 27.8 Å². The molecule has 57 heavy (non-hydrogen) atoms. The van der Waals surface area contributed by atoms with Crippen LogP contribution >= 0.6 is 0 Å². The van der Waals surface area contributed by atoms with Gasteiger partial charge in [-0.25, -0.2) is 9.18 Å². The molecule has 0 fully saturated rings. The minimum atomic E-state index is -1.26. The number of amides is 4. The number of likely N-dealkylation sites (N-methyl/N-ethyl adjacent to an activating group) is 2.